The lowest BCUT2D eigenvalue weighted by Crippen LogP contribution is -2.52. The van der Waals surface area contributed by atoms with E-state index in [0.29, 0.717) is 33.5 Å². The second-order valence-electron chi connectivity index (χ2n) is 9.24. The first kappa shape index (κ1) is 31.3. The molecule has 0 unspecified atom stereocenters. The molecule has 0 aliphatic rings. The molecule has 214 valence electrons. The number of halogens is 2. The Morgan fingerprint density at radius 3 is 2.08 bits per heavy atom. The predicted octanol–water partition coefficient (Wildman–Crippen LogP) is 5.53. The number of benzene rings is 3. The van der Waals surface area contributed by atoms with E-state index in [1.165, 1.54) is 36.3 Å². The molecule has 0 saturated carbocycles. The normalized spacial score (nSPS) is 12.8. The molecule has 11 heteroatoms. The Hall–Kier alpha value is -3.27. The van der Waals surface area contributed by atoms with Gasteiger partial charge in [-0.15, -0.1) is 0 Å². The number of rotatable bonds is 12. The fraction of sp³-hybridized carbons (Fsp3) is 0.310. The molecule has 0 aliphatic heterocycles. The smallest absolute Gasteiger partial charge is 0.264 e. The summed E-state index contributed by atoms with van der Waals surface area (Å²) in [6.07, 6.45) is 0.699. The van der Waals surface area contributed by atoms with Gasteiger partial charge < -0.3 is 15.0 Å². The third-order valence-corrected chi connectivity index (χ3v) is 9.03. The number of sulfonamides is 1. The van der Waals surface area contributed by atoms with Crippen molar-refractivity contribution in [1.29, 1.82) is 0 Å². The molecule has 1 N–H and O–H groups in total. The topological polar surface area (TPSA) is 96.0 Å². The van der Waals surface area contributed by atoms with E-state index < -0.39 is 28.5 Å². The van der Waals surface area contributed by atoms with Gasteiger partial charge in [-0.2, -0.15) is 0 Å². The first-order chi connectivity index (χ1) is 19.0. The second-order valence-corrected chi connectivity index (χ2v) is 11.9. The van der Waals surface area contributed by atoms with Gasteiger partial charge in [0.25, 0.3) is 10.0 Å². The van der Waals surface area contributed by atoms with Crippen LogP contribution in [0.5, 0.6) is 5.75 Å². The fourth-order valence-corrected chi connectivity index (χ4v) is 5.83. The van der Waals surface area contributed by atoms with E-state index in [0.717, 1.165) is 4.31 Å². The van der Waals surface area contributed by atoms with Gasteiger partial charge in [-0.05, 0) is 68.8 Å². The van der Waals surface area contributed by atoms with E-state index in [1.807, 2.05) is 13.8 Å². The minimum absolute atomic E-state index is 0.0202. The Labute approximate surface area is 245 Å². The number of carbonyl (C=O) groups excluding carboxylic acids is 2. The summed E-state index contributed by atoms with van der Waals surface area (Å²) in [7, 11) is -2.71. The molecule has 0 spiro atoms. The summed E-state index contributed by atoms with van der Waals surface area (Å²) in [5, 5.41) is 3.54. The van der Waals surface area contributed by atoms with E-state index in [-0.39, 0.29) is 23.4 Å². The predicted molar refractivity (Wildman–Crippen MR) is 158 cm³/mol. The van der Waals surface area contributed by atoms with Crippen molar-refractivity contribution >= 4 is 50.7 Å². The molecule has 0 aromatic heterocycles. The lowest BCUT2D eigenvalue weighted by Gasteiger charge is -2.32. The maximum absolute atomic E-state index is 14.0. The second kappa shape index (κ2) is 13.9. The highest BCUT2D eigenvalue weighted by Crippen LogP contribution is 2.28. The lowest BCUT2D eigenvalue weighted by molar-refractivity contribution is -0.139. The number of hydrogen-bond donors (Lipinski definition) is 1. The van der Waals surface area contributed by atoms with Gasteiger partial charge in [-0.25, -0.2) is 8.42 Å². The third kappa shape index (κ3) is 7.47. The third-order valence-electron chi connectivity index (χ3n) is 6.53. The van der Waals surface area contributed by atoms with Crippen LogP contribution in [0.25, 0.3) is 0 Å². The lowest BCUT2D eigenvalue weighted by atomic mass is 10.1. The molecule has 3 rings (SSSR count). The molecule has 2 atom stereocenters. The number of ether oxygens (including phenoxy) is 1. The Kier molecular flexibility index (Phi) is 10.8. The maximum Gasteiger partial charge on any atom is 0.264 e. The number of amides is 2. The summed E-state index contributed by atoms with van der Waals surface area (Å²) in [4.78, 5) is 28.4. The minimum atomic E-state index is -4.19. The van der Waals surface area contributed by atoms with Crippen LogP contribution in [0.15, 0.2) is 77.7 Å². The van der Waals surface area contributed by atoms with E-state index in [1.54, 1.807) is 55.5 Å². The van der Waals surface area contributed by atoms with Crippen molar-refractivity contribution in [3.8, 4) is 5.75 Å². The van der Waals surface area contributed by atoms with E-state index in [4.69, 9.17) is 27.9 Å². The van der Waals surface area contributed by atoms with Crippen LogP contribution >= 0.6 is 23.2 Å². The average Bonchev–Trinajstić information content (AvgIpc) is 2.95. The molecule has 0 fully saturated rings. The Balaban J connectivity index is 2.04. The van der Waals surface area contributed by atoms with Crippen LogP contribution in [0, 0.1) is 0 Å². The molecule has 0 radical (unpaired) electrons. The summed E-state index contributed by atoms with van der Waals surface area (Å²) in [5.74, 6) is -0.496. The Bertz CT molecular complexity index is 1400. The molecular weight excluding hydrogens is 573 g/mol. The number of carbonyl (C=O) groups is 2. The van der Waals surface area contributed by atoms with Gasteiger partial charge in [0.15, 0.2) is 0 Å². The SMILES string of the molecule is CC[C@@H](C)NC(=O)[C@H](C)N(Cc1c(Cl)cccc1Cl)C(=O)CN(c1ccccc1)S(=O)(=O)c1ccc(OC)cc1. The van der Waals surface area contributed by atoms with Gasteiger partial charge in [0.05, 0.1) is 17.7 Å². The number of hydrogen-bond acceptors (Lipinski definition) is 5. The van der Waals surface area contributed by atoms with Crippen LogP contribution < -0.4 is 14.4 Å². The van der Waals surface area contributed by atoms with Crippen molar-refractivity contribution in [2.24, 2.45) is 0 Å². The Morgan fingerprint density at radius 2 is 1.52 bits per heavy atom. The van der Waals surface area contributed by atoms with Crippen LogP contribution in [0.3, 0.4) is 0 Å². The van der Waals surface area contributed by atoms with Gasteiger partial charge in [0, 0.05) is 28.2 Å². The maximum atomic E-state index is 14.0. The molecule has 0 aliphatic carbocycles. The van der Waals surface area contributed by atoms with E-state index in [2.05, 4.69) is 5.32 Å². The van der Waals surface area contributed by atoms with Gasteiger partial charge in [-0.3, -0.25) is 13.9 Å². The standard InChI is InChI=1S/C29H33Cl2N3O5S/c1-5-20(2)32-29(36)21(3)33(18-25-26(30)12-9-13-27(25)31)28(35)19-34(22-10-7-6-8-11-22)40(37,38)24-16-14-23(39-4)15-17-24/h6-17,20-21H,5,18-19H2,1-4H3,(H,32,36)/t20-,21+/m1/s1. The van der Waals surface area contributed by atoms with Crippen LogP contribution in [0.1, 0.15) is 32.8 Å². The number of nitrogens with one attached hydrogen (secondary N) is 1. The Morgan fingerprint density at radius 1 is 0.925 bits per heavy atom. The number of nitrogens with zero attached hydrogens (tertiary/aromatic N) is 2. The highest BCUT2D eigenvalue weighted by atomic mass is 35.5. The van der Waals surface area contributed by atoms with Crippen molar-refractivity contribution in [3.63, 3.8) is 0 Å². The van der Waals surface area contributed by atoms with Crippen molar-refractivity contribution in [3.05, 3.63) is 88.4 Å². The van der Waals surface area contributed by atoms with Crippen molar-refractivity contribution in [2.75, 3.05) is 18.0 Å². The van der Waals surface area contributed by atoms with Crippen LogP contribution in [-0.4, -0.2) is 50.9 Å². The van der Waals surface area contributed by atoms with Crippen molar-refractivity contribution in [1.82, 2.24) is 10.2 Å². The zero-order valence-electron chi connectivity index (χ0n) is 22.8. The molecular formula is C29H33Cl2N3O5S. The molecule has 0 saturated heterocycles. The molecule has 3 aromatic carbocycles. The molecule has 2 amide bonds. The molecule has 0 heterocycles. The van der Waals surface area contributed by atoms with Crippen molar-refractivity contribution in [2.45, 2.75) is 50.7 Å². The first-order valence-corrected chi connectivity index (χ1v) is 14.9. The molecule has 8 nitrogen and oxygen atoms in total. The zero-order chi connectivity index (χ0) is 29.4. The molecule has 40 heavy (non-hydrogen) atoms. The minimum Gasteiger partial charge on any atom is -0.497 e. The fourth-order valence-electron chi connectivity index (χ4n) is 3.90. The summed E-state index contributed by atoms with van der Waals surface area (Å²) in [5.41, 5.74) is 0.741. The summed E-state index contributed by atoms with van der Waals surface area (Å²) < 4.78 is 33.9. The van der Waals surface area contributed by atoms with Crippen LogP contribution in [-0.2, 0) is 26.2 Å². The van der Waals surface area contributed by atoms with Gasteiger partial charge in [0.2, 0.25) is 11.8 Å². The van der Waals surface area contributed by atoms with Gasteiger partial charge in [0.1, 0.15) is 18.3 Å². The first-order valence-electron chi connectivity index (χ1n) is 12.7. The van der Waals surface area contributed by atoms with E-state index >= 15 is 0 Å². The van der Waals surface area contributed by atoms with Crippen molar-refractivity contribution < 1.29 is 22.7 Å². The highest BCUT2D eigenvalue weighted by molar-refractivity contribution is 7.92. The van der Waals surface area contributed by atoms with Gasteiger partial charge >= 0.3 is 0 Å². The van der Waals surface area contributed by atoms with Gasteiger partial charge in [-0.1, -0.05) is 54.4 Å². The van der Waals surface area contributed by atoms with Crippen LogP contribution in [0.4, 0.5) is 5.69 Å². The van der Waals surface area contributed by atoms with Crippen LogP contribution in [0.2, 0.25) is 10.0 Å². The van der Waals surface area contributed by atoms with E-state index in [9.17, 15) is 18.0 Å². The summed E-state index contributed by atoms with van der Waals surface area (Å²) in [6.45, 7) is 4.72. The summed E-state index contributed by atoms with van der Waals surface area (Å²) in [6, 6.07) is 18.1. The number of methoxy groups -OCH3 is 1. The number of anilines is 1. The summed E-state index contributed by atoms with van der Waals surface area (Å²) >= 11 is 12.8. The average molecular weight is 607 g/mol. The zero-order valence-corrected chi connectivity index (χ0v) is 25.1. The number of para-hydroxylation sites is 1. The highest BCUT2D eigenvalue weighted by Gasteiger charge is 2.33. The largest absolute Gasteiger partial charge is 0.497 e. The quantitative estimate of drug-likeness (QED) is 0.293. The molecule has 0 bridgehead atoms. The molecule has 3 aromatic rings. The monoisotopic (exact) mass is 605 g/mol.